The maximum atomic E-state index is 12.6. The number of carbonyl (C=O) groups excluding carboxylic acids is 1. The molecule has 0 saturated heterocycles. The number of fused-ring (bicyclic) bond motifs is 1. The molecule has 2 aromatic carbocycles. The van der Waals surface area contributed by atoms with Crippen LogP contribution in [-0.4, -0.2) is 21.9 Å². The largest absolute Gasteiger partial charge is 0.494 e. The number of rotatable bonds is 6. The summed E-state index contributed by atoms with van der Waals surface area (Å²) >= 11 is 7.66. The highest BCUT2D eigenvalue weighted by Crippen LogP contribution is 2.26. The van der Waals surface area contributed by atoms with E-state index >= 15 is 0 Å². The molecule has 0 aliphatic heterocycles. The maximum Gasteiger partial charge on any atom is 0.230 e. The Morgan fingerprint density at radius 2 is 2.03 bits per heavy atom. The van der Waals surface area contributed by atoms with Crippen LogP contribution in [0.4, 0.5) is 5.69 Å². The predicted octanol–water partition coefficient (Wildman–Crippen LogP) is 5.60. The number of amides is 1. The van der Waals surface area contributed by atoms with E-state index in [-0.39, 0.29) is 12.3 Å². The molecule has 1 amide bonds. The van der Waals surface area contributed by atoms with Crippen molar-refractivity contribution in [1.29, 1.82) is 0 Å². The first kappa shape index (κ1) is 19.5. The highest BCUT2D eigenvalue weighted by atomic mass is 35.5. The molecule has 7 heteroatoms. The average molecular weight is 426 g/mol. The molecule has 1 N–H and O–H groups in total. The summed E-state index contributed by atoms with van der Waals surface area (Å²) in [6, 6.07) is 13.3. The number of nitrogens with zero attached hydrogens (tertiary/aromatic N) is 2. The van der Waals surface area contributed by atoms with Crippen molar-refractivity contribution in [1.82, 2.24) is 9.38 Å². The summed E-state index contributed by atoms with van der Waals surface area (Å²) in [6.07, 6.45) is 2.22. The van der Waals surface area contributed by atoms with Crippen molar-refractivity contribution in [3.05, 3.63) is 70.3 Å². The minimum absolute atomic E-state index is 0.0913. The van der Waals surface area contributed by atoms with Crippen LogP contribution in [0.1, 0.15) is 18.2 Å². The summed E-state index contributed by atoms with van der Waals surface area (Å²) in [5.74, 6) is 0.748. The van der Waals surface area contributed by atoms with Crippen LogP contribution in [0.3, 0.4) is 0 Å². The second-order valence-electron chi connectivity index (χ2n) is 6.60. The molecule has 0 atom stereocenters. The summed E-state index contributed by atoms with van der Waals surface area (Å²) in [4.78, 5) is 18.1. The van der Waals surface area contributed by atoms with Crippen molar-refractivity contribution in [3.8, 4) is 17.0 Å². The summed E-state index contributed by atoms with van der Waals surface area (Å²) < 4.78 is 7.46. The van der Waals surface area contributed by atoms with E-state index in [4.69, 9.17) is 16.3 Å². The average Bonchev–Trinajstić information content (AvgIpc) is 3.28. The van der Waals surface area contributed by atoms with Crippen LogP contribution in [0.2, 0.25) is 5.02 Å². The summed E-state index contributed by atoms with van der Waals surface area (Å²) in [7, 11) is 0. The second kappa shape index (κ2) is 8.27. The molecule has 0 aliphatic carbocycles. The zero-order valence-electron chi connectivity index (χ0n) is 16.1. The molecule has 29 heavy (non-hydrogen) atoms. The van der Waals surface area contributed by atoms with Crippen molar-refractivity contribution in [2.45, 2.75) is 20.3 Å². The third-order valence-corrected chi connectivity index (χ3v) is 5.93. The minimum Gasteiger partial charge on any atom is -0.494 e. The van der Waals surface area contributed by atoms with Crippen molar-refractivity contribution in [3.63, 3.8) is 0 Å². The van der Waals surface area contributed by atoms with E-state index in [0.717, 1.165) is 38.9 Å². The van der Waals surface area contributed by atoms with E-state index in [1.807, 2.05) is 72.3 Å². The van der Waals surface area contributed by atoms with Gasteiger partial charge in [-0.2, -0.15) is 0 Å². The topological polar surface area (TPSA) is 55.6 Å². The van der Waals surface area contributed by atoms with E-state index in [2.05, 4.69) is 10.3 Å². The summed E-state index contributed by atoms with van der Waals surface area (Å²) in [6.45, 7) is 4.49. The molecule has 0 saturated carbocycles. The number of hydrogen-bond acceptors (Lipinski definition) is 4. The van der Waals surface area contributed by atoms with Crippen LogP contribution in [0, 0.1) is 6.92 Å². The molecule has 2 aromatic heterocycles. The molecule has 0 bridgehead atoms. The zero-order valence-corrected chi connectivity index (χ0v) is 17.7. The highest BCUT2D eigenvalue weighted by Gasteiger charge is 2.14. The molecule has 0 fully saturated rings. The third kappa shape index (κ3) is 4.13. The molecule has 5 nitrogen and oxygen atoms in total. The van der Waals surface area contributed by atoms with Gasteiger partial charge in [0.15, 0.2) is 4.96 Å². The zero-order chi connectivity index (χ0) is 20.4. The van der Waals surface area contributed by atoms with Crippen LogP contribution in [0.15, 0.2) is 54.0 Å². The van der Waals surface area contributed by atoms with Crippen molar-refractivity contribution < 1.29 is 9.53 Å². The number of halogens is 1. The molecule has 0 radical (unpaired) electrons. The number of carbonyl (C=O) groups is 1. The van der Waals surface area contributed by atoms with Gasteiger partial charge in [0.1, 0.15) is 5.75 Å². The fourth-order valence-corrected chi connectivity index (χ4v) is 4.13. The monoisotopic (exact) mass is 425 g/mol. The van der Waals surface area contributed by atoms with Gasteiger partial charge in [0.2, 0.25) is 5.91 Å². The van der Waals surface area contributed by atoms with E-state index in [0.29, 0.717) is 11.6 Å². The Bertz CT molecular complexity index is 1160. The Kier molecular flexibility index (Phi) is 5.56. The normalized spacial score (nSPS) is 11.0. The first-order chi connectivity index (χ1) is 14.0. The Hall–Kier alpha value is -2.83. The van der Waals surface area contributed by atoms with Gasteiger partial charge < -0.3 is 10.1 Å². The lowest BCUT2D eigenvalue weighted by Gasteiger charge is -2.09. The Labute approximate surface area is 177 Å². The number of anilines is 1. The molecular weight excluding hydrogens is 406 g/mol. The third-order valence-electron chi connectivity index (χ3n) is 4.63. The molecule has 4 rings (SSSR count). The van der Waals surface area contributed by atoms with E-state index in [9.17, 15) is 4.79 Å². The van der Waals surface area contributed by atoms with Gasteiger partial charge >= 0.3 is 0 Å². The van der Waals surface area contributed by atoms with Gasteiger partial charge in [-0.05, 0) is 55.8 Å². The maximum absolute atomic E-state index is 12.6. The van der Waals surface area contributed by atoms with Gasteiger partial charge in [0, 0.05) is 33.5 Å². The highest BCUT2D eigenvalue weighted by molar-refractivity contribution is 7.15. The number of benzene rings is 2. The summed E-state index contributed by atoms with van der Waals surface area (Å²) in [5, 5.41) is 5.55. The molecular formula is C22H20ClN3O2S. The smallest absolute Gasteiger partial charge is 0.230 e. The molecule has 0 unspecified atom stereocenters. The van der Waals surface area contributed by atoms with Crippen LogP contribution >= 0.6 is 22.9 Å². The quantitative estimate of drug-likeness (QED) is 0.437. The van der Waals surface area contributed by atoms with Crippen molar-refractivity contribution in [2.24, 2.45) is 0 Å². The molecule has 148 valence electrons. The lowest BCUT2D eigenvalue weighted by Crippen LogP contribution is -2.16. The minimum atomic E-state index is -0.0913. The van der Waals surface area contributed by atoms with E-state index in [1.54, 1.807) is 0 Å². The molecule has 4 aromatic rings. The van der Waals surface area contributed by atoms with Gasteiger partial charge in [-0.1, -0.05) is 17.7 Å². The standard InChI is InChI=1S/C22H20ClN3O2S/c1-3-28-17-9-7-15(8-10-17)20-12-26-16(13-29-22(26)25-20)11-21(27)24-19-6-4-5-18(23)14(19)2/h4-10,12-13H,3,11H2,1-2H3,(H,24,27). The van der Waals surface area contributed by atoms with Crippen LogP contribution in [0.25, 0.3) is 16.2 Å². The first-order valence-corrected chi connectivity index (χ1v) is 10.5. The summed E-state index contributed by atoms with van der Waals surface area (Å²) in [5.41, 5.74) is 4.36. The van der Waals surface area contributed by atoms with Gasteiger partial charge in [-0.25, -0.2) is 4.98 Å². The number of hydrogen-bond donors (Lipinski definition) is 1. The van der Waals surface area contributed by atoms with Crippen molar-refractivity contribution in [2.75, 3.05) is 11.9 Å². The van der Waals surface area contributed by atoms with E-state index in [1.165, 1.54) is 11.3 Å². The van der Waals surface area contributed by atoms with Crippen LogP contribution in [-0.2, 0) is 11.2 Å². The Balaban J connectivity index is 1.53. The van der Waals surface area contributed by atoms with Crippen LogP contribution < -0.4 is 10.1 Å². The Morgan fingerprint density at radius 1 is 1.24 bits per heavy atom. The fraction of sp³-hybridized carbons (Fsp3) is 0.182. The van der Waals surface area contributed by atoms with Gasteiger partial charge in [0.05, 0.1) is 18.7 Å². The first-order valence-electron chi connectivity index (χ1n) is 9.29. The number of aromatic nitrogens is 2. The molecule has 0 aliphatic rings. The number of ether oxygens (including phenoxy) is 1. The fourth-order valence-electron chi connectivity index (χ4n) is 3.09. The second-order valence-corrected chi connectivity index (χ2v) is 7.84. The predicted molar refractivity (Wildman–Crippen MR) is 118 cm³/mol. The van der Waals surface area contributed by atoms with Crippen LogP contribution in [0.5, 0.6) is 5.75 Å². The Morgan fingerprint density at radius 3 is 2.79 bits per heavy atom. The van der Waals surface area contributed by atoms with Gasteiger partial charge in [-0.3, -0.25) is 9.20 Å². The lowest BCUT2D eigenvalue weighted by molar-refractivity contribution is -0.115. The molecule has 2 heterocycles. The number of thiazole rings is 1. The number of imidazole rings is 1. The van der Waals surface area contributed by atoms with Crippen molar-refractivity contribution >= 4 is 39.5 Å². The lowest BCUT2D eigenvalue weighted by atomic mass is 10.1. The van der Waals surface area contributed by atoms with E-state index < -0.39 is 0 Å². The SMILES string of the molecule is CCOc1ccc(-c2cn3c(CC(=O)Nc4cccc(Cl)c4C)csc3n2)cc1. The number of nitrogens with one attached hydrogen (secondary N) is 1. The van der Waals surface area contributed by atoms with Gasteiger partial charge in [0.25, 0.3) is 0 Å². The van der Waals surface area contributed by atoms with Gasteiger partial charge in [-0.15, -0.1) is 11.3 Å². The molecule has 0 spiro atoms.